The highest BCUT2D eigenvalue weighted by Crippen LogP contribution is 2.12. The van der Waals surface area contributed by atoms with E-state index in [-0.39, 0.29) is 22.3 Å². The second-order valence-corrected chi connectivity index (χ2v) is 13.0. The zero-order valence-electron chi connectivity index (χ0n) is 35.1. The maximum absolute atomic E-state index is 11.5. The Bertz CT molecular complexity index is 2020. The van der Waals surface area contributed by atoms with Crippen LogP contribution >= 0.6 is 0 Å². The van der Waals surface area contributed by atoms with E-state index >= 15 is 0 Å². The second kappa shape index (κ2) is 25.3. The first-order valence-electron chi connectivity index (χ1n) is 19.0. The minimum Gasteiger partial charge on any atom is -0.502 e. The molecule has 0 aliphatic carbocycles. The Morgan fingerprint density at radius 3 is 0.717 bits per heavy atom. The first kappa shape index (κ1) is 50.9. The Hall–Kier alpha value is -7.12. The lowest BCUT2D eigenvalue weighted by atomic mass is 10.2. The summed E-state index contributed by atoms with van der Waals surface area (Å²) < 4.78 is 4.86. The van der Waals surface area contributed by atoms with Crippen LogP contribution in [-0.2, 0) is 28.2 Å². The Morgan fingerprint density at radius 1 is 0.400 bits per heavy atom. The van der Waals surface area contributed by atoms with Crippen molar-refractivity contribution in [3.63, 3.8) is 0 Å². The fraction of sp³-hybridized carbons (Fsp3) is 0.400. The molecular weight excluding hydrogens is 784 g/mol. The van der Waals surface area contributed by atoms with Crippen LogP contribution < -0.4 is 43.5 Å². The number of carbonyl (C=O) groups is 4. The van der Waals surface area contributed by atoms with Crippen molar-refractivity contribution in [2.75, 3.05) is 26.2 Å². The number of rotatable bonds is 12. The Balaban J connectivity index is 0.000000400. The van der Waals surface area contributed by atoms with Gasteiger partial charge < -0.3 is 60.0 Å². The molecule has 0 spiro atoms. The molecule has 20 heteroatoms. The molecule has 4 rings (SSSR count). The molecule has 0 aliphatic rings. The summed E-state index contributed by atoms with van der Waals surface area (Å²) >= 11 is 0. The van der Waals surface area contributed by atoms with Crippen molar-refractivity contribution in [1.82, 2.24) is 39.5 Å². The van der Waals surface area contributed by atoms with Crippen LogP contribution in [0.15, 0.2) is 68.2 Å². The standard InChI is InChI=1S/4C10H14N2O3/c4*1-3-5-11-9(14)7-4-6-12(2)10(15)8(7)13/h4*4,6,13H,3,5H2,1-2H3,(H,11,14). The van der Waals surface area contributed by atoms with Gasteiger partial charge in [0.05, 0.1) is 22.3 Å². The highest BCUT2D eigenvalue weighted by Gasteiger charge is 2.16. The fourth-order valence-electron chi connectivity index (χ4n) is 4.53. The van der Waals surface area contributed by atoms with Gasteiger partial charge in [-0.3, -0.25) is 38.4 Å². The van der Waals surface area contributed by atoms with Crippen molar-refractivity contribution in [3.05, 3.63) is 113 Å². The fourth-order valence-corrected chi connectivity index (χ4v) is 4.53. The molecule has 0 unspecified atom stereocenters. The maximum Gasteiger partial charge on any atom is 0.293 e. The van der Waals surface area contributed by atoms with Crippen molar-refractivity contribution in [2.24, 2.45) is 28.2 Å². The molecule has 4 aromatic rings. The summed E-state index contributed by atoms with van der Waals surface area (Å²) in [5.41, 5.74) is -2.20. The number of amides is 4. The van der Waals surface area contributed by atoms with Gasteiger partial charge in [-0.2, -0.15) is 0 Å². The van der Waals surface area contributed by atoms with Gasteiger partial charge >= 0.3 is 0 Å². The zero-order chi connectivity index (χ0) is 45.7. The lowest BCUT2D eigenvalue weighted by Crippen LogP contribution is -2.27. The van der Waals surface area contributed by atoms with E-state index in [4.69, 9.17) is 0 Å². The summed E-state index contributed by atoms with van der Waals surface area (Å²) in [6.45, 7) is 9.77. The summed E-state index contributed by atoms with van der Waals surface area (Å²) in [6.07, 6.45) is 9.00. The predicted molar refractivity (Wildman–Crippen MR) is 224 cm³/mol. The van der Waals surface area contributed by atoms with E-state index in [1.807, 2.05) is 27.7 Å². The number of hydrogen-bond acceptors (Lipinski definition) is 12. The summed E-state index contributed by atoms with van der Waals surface area (Å²) in [5.74, 6) is -3.72. The lowest BCUT2D eigenvalue weighted by molar-refractivity contribution is 0.0942. The number of hydrogen-bond donors (Lipinski definition) is 8. The highest BCUT2D eigenvalue weighted by molar-refractivity contribution is 5.98. The number of nitrogens with one attached hydrogen (secondary N) is 4. The molecule has 0 radical (unpaired) electrons. The van der Waals surface area contributed by atoms with E-state index in [0.717, 1.165) is 25.7 Å². The van der Waals surface area contributed by atoms with Crippen LogP contribution in [0.5, 0.6) is 23.0 Å². The average molecular weight is 841 g/mol. The van der Waals surface area contributed by atoms with Crippen LogP contribution in [0.4, 0.5) is 0 Å². The molecule has 0 bridgehead atoms. The molecule has 0 fully saturated rings. The number of pyridine rings is 4. The van der Waals surface area contributed by atoms with E-state index < -0.39 is 68.9 Å². The molecule has 4 amide bonds. The van der Waals surface area contributed by atoms with Crippen LogP contribution in [-0.4, -0.2) is 88.5 Å². The van der Waals surface area contributed by atoms with Crippen LogP contribution in [0.25, 0.3) is 0 Å². The van der Waals surface area contributed by atoms with Crippen molar-refractivity contribution in [1.29, 1.82) is 0 Å². The van der Waals surface area contributed by atoms with E-state index in [1.54, 1.807) is 0 Å². The predicted octanol–water partition coefficient (Wildman–Crippen LogP) is 0.923. The van der Waals surface area contributed by atoms with Gasteiger partial charge in [-0.15, -0.1) is 0 Å². The average Bonchev–Trinajstić information content (AvgIpc) is 3.23. The van der Waals surface area contributed by atoms with Gasteiger partial charge in [0.2, 0.25) is 0 Å². The Kier molecular flexibility index (Phi) is 21.5. The number of nitrogens with zero attached hydrogens (tertiary/aromatic N) is 4. The first-order valence-corrected chi connectivity index (χ1v) is 19.0. The minimum atomic E-state index is -0.570. The number of aromatic nitrogens is 4. The van der Waals surface area contributed by atoms with Crippen molar-refractivity contribution in [2.45, 2.75) is 53.4 Å². The van der Waals surface area contributed by atoms with Gasteiger partial charge in [0, 0.05) is 79.2 Å². The van der Waals surface area contributed by atoms with Crippen LogP contribution in [0.1, 0.15) is 94.8 Å². The van der Waals surface area contributed by atoms with Crippen molar-refractivity contribution in [3.8, 4) is 23.0 Å². The molecular formula is C40H56N8O12. The van der Waals surface area contributed by atoms with E-state index in [2.05, 4.69) is 21.3 Å². The largest absolute Gasteiger partial charge is 0.502 e. The van der Waals surface area contributed by atoms with E-state index in [1.165, 1.54) is 95.5 Å². The third-order valence-electron chi connectivity index (χ3n) is 8.09. The monoisotopic (exact) mass is 840 g/mol. The first-order chi connectivity index (χ1) is 28.3. The van der Waals surface area contributed by atoms with Crippen LogP contribution in [0.3, 0.4) is 0 Å². The van der Waals surface area contributed by atoms with Crippen molar-refractivity contribution < 1.29 is 39.6 Å². The number of carbonyl (C=O) groups excluding carboxylic acids is 4. The van der Waals surface area contributed by atoms with Gasteiger partial charge in [0.25, 0.3) is 45.9 Å². The normalized spacial score (nSPS) is 10.0. The number of aryl methyl sites for hydroxylation is 4. The summed E-state index contributed by atoms with van der Waals surface area (Å²) in [4.78, 5) is 91.1. The van der Waals surface area contributed by atoms with Gasteiger partial charge in [0.1, 0.15) is 0 Å². The third kappa shape index (κ3) is 14.7. The Labute approximate surface area is 345 Å². The summed E-state index contributed by atoms with van der Waals surface area (Å²) in [5, 5.41) is 48.2. The van der Waals surface area contributed by atoms with Gasteiger partial charge in [-0.1, -0.05) is 27.7 Å². The number of aromatic hydroxyl groups is 4. The van der Waals surface area contributed by atoms with Crippen molar-refractivity contribution >= 4 is 23.6 Å². The maximum atomic E-state index is 11.5. The van der Waals surface area contributed by atoms with E-state index in [9.17, 15) is 58.8 Å². The van der Waals surface area contributed by atoms with E-state index in [0.29, 0.717) is 26.2 Å². The second-order valence-electron chi connectivity index (χ2n) is 13.0. The molecule has 328 valence electrons. The summed E-state index contributed by atoms with van der Waals surface area (Å²) in [7, 11) is 6.04. The lowest BCUT2D eigenvalue weighted by Gasteiger charge is -2.06. The SMILES string of the molecule is CCCNC(=O)c1ccn(C)c(=O)c1O.CCCNC(=O)c1ccn(C)c(=O)c1O.CCCNC(=O)c1ccn(C)c(=O)c1O.CCCNC(=O)c1ccn(C)c(=O)c1O. The van der Waals surface area contributed by atoms with Gasteiger partial charge in [-0.05, 0) is 49.9 Å². The summed E-state index contributed by atoms with van der Waals surface area (Å²) in [6, 6.07) is 5.67. The molecule has 0 aromatic carbocycles. The highest BCUT2D eigenvalue weighted by atomic mass is 16.3. The molecule has 60 heavy (non-hydrogen) atoms. The molecule has 0 atom stereocenters. The zero-order valence-corrected chi connectivity index (χ0v) is 35.1. The van der Waals surface area contributed by atoms with Gasteiger partial charge in [0.15, 0.2) is 23.0 Å². The minimum absolute atomic E-state index is 0.0200. The smallest absolute Gasteiger partial charge is 0.293 e. The third-order valence-corrected chi connectivity index (χ3v) is 8.09. The quantitative estimate of drug-likeness (QED) is 0.0989. The topological polar surface area (TPSA) is 285 Å². The molecule has 0 saturated heterocycles. The molecule has 0 saturated carbocycles. The van der Waals surface area contributed by atoms with Crippen LogP contribution in [0, 0.1) is 0 Å². The molecule has 4 heterocycles. The molecule has 8 N–H and O–H groups in total. The molecule has 0 aliphatic heterocycles. The molecule has 20 nitrogen and oxygen atoms in total. The molecule has 4 aromatic heterocycles. The van der Waals surface area contributed by atoms with Gasteiger partial charge in [-0.25, -0.2) is 0 Å². The van der Waals surface area contributed by atoms with Crippen LogP contribution in [0.2, 0.25) is 0 Å². The Morgan fingerprint density at radius 2 is 0.567 bits per heavy atom.